The van der Waals surface area contributed by atoms with Crippen molar-refractivity contribution in [2.24, 2.45) is 11.7 Å². The predicted octanol–water partition coefficient (Wildman–Crippen LogP) is 3.28. The molecule has 2 atom stereocenters. The van der Waals surface area contributed by atoms with Crippen molar-refractivity contribution >= 4 is 17.8 Å². The van der Waals surface area contributed by atoms with Gasteiger partial charge in [-0.05, 0) is 42.5 Å². The number of carboxylic acids is 1. The minimum absolute atomic E-state index is 0.0719. The monoisotopic (exact) mass is 363 g/mol. The van der Waals surface area contributed by atoms with Crippen LogP contribution in [0.4, 0.5) is 0 Å². The minimum atomic E-state index is -1.05. The molecule has 0 radical (unpaired) electrons. The molecule has 0 aliphatic carbocycles. The van der Waals surface area contributed by atoms with Gasteiger partial charge in [-0.3, -0.25) is 9.59 Å². The third-order valence-electron chi connectivity index (χ3n) is 3.93. The lowest BCUT2D eigenvalue weighted by atomic mass is 9.96. The topological polar surface area (TPSA) is 98.9 Å². The summed E-state index contributed by atoms with van der Waals surface area (Å²) in [5.74, 6) is 0.0878. The summed E-state index contributed by atoms with van der Waals surface area (Å²) >= 11 is 0. The van der Waals surface area contributed by atoms with Crippen LogP contribution in [-0.2, 0) is 9.59 Å². The van der Waals surface area contributed by atoms with E-state index >= 15 is 0 Å². The lowest BCUT2D eigenvalue weighted by Gasteiger charge is -2.12. The fourth-order valence-electron chi connectivity index (χ4n) is 2.45. The molecule has 3 N–H and O–H groups in total. The molecule has 0 saturated carbocycles. The van der Waals surface area contributed by atoms with Gasteiger partial charge in [0.15, 0.2) is 17.3 Å². The molecule has 0 heterocycles. The Morgan fingerprint density at radius 1 is 1.31 bits per heavy atom. The van der Waals surface area contributed by atoms with Crippen LogP contribution in [-0.4, -0.2) is 36.6 Å². The van der Waals surface area contributed by atoms with E-state index in [1.165, 1.54) is 6.08 Å². The van der Waals surface area contributed by atoms with Crippen LogP contribution < -0.4 is 15.2 Å². The molecule has 0 saturated heterocycles. The van der Waals surface area contributed by atoms with E-state index in [1.54, 1.807) is 13.2 Å². The van der Waals surface area contributed by atoms with Gasteiger partial charge in [0.25, 0.3) is 0 Å². The lowest BCUT2D eigenvalue weighted by molar-refractivity contribution is -0.139. The van der Waals surface area contributed by atoms with Gasteiger partial charge in [-0.1, -0.05) is 32.4 Å². The number of aliphatic carboxylic acids is 1. The predicted molar refractivity (Wildman–Crippen MR) is 101 cm³/mol. The summed E-state index contributed by atoms with van der Waals surface area (Å²) in [6.45, 7) is 4.55. The molecular weight excluding hydrogens is 334 g/mol. The smallest absolute Gasteiger partial charge is 0.320 e. The molecule has 0 aromatic heterocycles. The number of ketones is 1. The second-order valence-electron chi connectivity index (χ2n) is 6.40. The normalized spacial score (nSPS) is 13.4. The maximum Gasteiger partial charge on any atom is 0.320 e. The third-order valence-corrected chi connectivity index (χ3v) is 3.93. The molecule has 1 aromatic rings. The van der Waals surface area contributed by atoms with Crippen molar-refractivity contribution in [3.8, 4) is 11.5 Å². The SMILES string of the molecule is CCCCOc1ccc(C=CC(=O)CC(C)C[C@@H](N)C(=O)O)cc1OC. The molecule has 0 amide bonds. The summed E-state index contributed by atoms with van der Waals surface area (Å²) in [5.41, 5.74) is 6.32. The summed E-state index contributed by atoms with van der Waals surface area (Å²) in [6, 6.07) is 4.56. The Morgan fingerprint density at radius 2 is 2.04 bits per heavy atom. The number of carbonyl (C=O) groups excluding carboxylic acids is 1. The van der Waals surface area contributed by atoms with Crippen LogP contribution >= 0.6 is 0 Å². The van der Waals surface area contributed by atoms with Crippen LogP contribution in [0.1, 0.15) is 45.1 Å². The molecule has 1 rings (SSSR count). The largest absolute Gasteiger partial charge is 0.493 e. The van der Waals surface area contributed by atoms with E-state index in [4.69, 9.17) is 20.3 Å². The van der Waals surface area contributed by atoms with Gasteiger partial charge in [0, 0.05) is 6.42 Å². The highest BCUT2D eigenvalue weighted by Gasteiger charge is 2.17. The van der Waals surface area contributed by atoms with Crippen LogP contribution in [0, 0.1) is 5.92 Å². The molecule has 0 fully saturated rings. The van der Waals surface area contributed by atoms with Crippen molar-refractivity contribution in [1.82, 2.24) is 0 Å². The average molecular weight is 363 g/mol. The number of methoxy groups -OCH3 is 1. The standard InChI is InChI=1S/C20H29NO5/c1-4-5-10-26-18-9-7-15(13-19(18)25-3)6-8-16(22)11-14(2)12-17(21)20(23)24/h6-9,13-14,17H,4-5,10-12,21H2,1-3H3,(H,23,24)/t14?,17-/m1/s1. The second-order valence-corrected chi connectivity index (χ2v) is 6.40. The number of carbonyl (C=O) groups is 2. The van der Waals surface area contributed by atoms with E-state index in [2.05, 4.69) is 6.92 Å². The molecule has 0 bridgehead atoms. The molecule has 0 aliphatic heterocycles. The van der Waals surface area contributed by atoms with Gasteiger partial charge in [0.2, 0.25) is 0 Å². The third kappa shape index (κ3) is 7.70. The first-order chi connectivity index (χ1) is 12.4. The first-order valence-corrected chi connectivity index (χ1v) is 8.87. The van der Waals surface area contributed by atoms with E-state index in [0.717, 1.165) is 18.4 Å². The van der Waals surface area contributed by atoms with Crippen LogP contribution in [0.25, 0.3) is 6.08 Å². The molecule has 144 valence electrons. The molecule has 0 aliphatic rings. The number of unbranched alkanes of at least 4 members (excludes halogenated alkanes) is 1. The molecule has 6 heteroatoms. The van der Waals surface area contributed by atoms with E-state index in [1.807, 2.05) is 25.1 Å². The minimum Gasteiger partial charge on any atom is -0.493 e. The van der Waals surface area contributed by atoms with Crippen molar-refractivity contribution in [2.75, 3.05) is 13.7 Å². The first kappa shape index (κ1) is 21.7. The highest BCUT2D eigenvalue weighted by Crippen LogP contribution is 2.28. The number of rotatable bonds is 12. The quantitative estimate of drug-likeness (QED) is 0.437. The van der Waals surface area contributed by atoms with Gasteiger partial charge >= 0.3 is 5.97 Å². The van der Waals surface area contributed by atoms with E-state index in [0.29, 0.717) is 18.1 Å². The van der Waals surface area contributed by atoms with Crippen LogP contribution in [0.2, 0.25) is 0 Å². The molecule has 6 nitrogen and oxygen atoms in total. The molecule has 1 aromatic carbocycles. The fourth-order valence-corrected chi connectivity index (χ4v) is 2.45. The van der Waals surface area contributed by atoms with Gasteiger partial charge in [-0.2, -0.15) is 0 Å². The zero-order chi connectivity index (χ0) is 19.5. The Bertz CT molecular complexity index is 627. The summed E-state index contributed by atoms with van der Waals surface area (Å²) in [7, 11) is 1.58. The molecular formula is C20H29NO5. The van der Waals surface area contributed by atoms with Crippen molar-refractivity contribution < 1.29 is 24.2 Å². The van der Waals surface area contributed by atoms with Crippen molar-refractivity contribution in [3.63, 3.8) is 0 Å². The lowest BCUT2D eigenvalue weighted by Crippen LogP contribution is -2.32. The van der Waals surface area contributed by atoms with Gasteiger partial charge in [0.1, 0.15) is 6.04 Å². The maximum atomic E-state index is 12.0. The van der Waals surface area contributed by atoms with Gasteiger partial charge in [-0.25, -0.2) is 0 Å². The van der Waals surface area contributed by atoms with E-state index in [-0.39, 0.29) is 24.5 Å². The Kier molecular flexibility index (Phi) is 9.44. The van der Waals surface area contributed by atoms with E-state index in [9.17, 15) is 9.59 Å². The first-order valence-electron chi connectivity index (χ1n) is 8.87. The van der Waals surface area contributed by atoms with E-state index < -0.39 is 12.0 Å². The van der Waals surface area contributed by atoms with Crippen molar-refractivity contribution in [1.29, 1.82) is 0 Å². The van der Waals surface area contributed by atoms with Gasteiger partial charge < -0.3 is 20.3 Å². The second kappa shape index (κ2) is 11.3. The van der Waals surface area contributed by atoms with Crippen LogP contribution in [0.15, 0.2) is 24.3 Å². The molecule has 26 heavy (non-hydrogen) atoms. The van der Waals surface area contributed by atoms with Crippen molar-refractivity contribution in [3.05, 3.63) is 29.8 Å². The number of ether oxygens (including phenoxy) is 2. The number of carboxylic acid groups (broad SMARTS) is 1. The van der Waals surface area contributed by atoms with Crippen molar-refractivity contribution in [2.45, 2.75) is 45.6 Å². The molecule has 0 spiro atoms. The molecule has 1 unspecified atom stereocenters. The Hall–Kier alpha value is -2.34. The zero-order valence-corrected chi connectivity index (χ0v) is 15.7. The maximum absolute atomic E-state index is 12.0. The van der Waals surface area contributed by atoms with Crippen LogP contribution in [0.5, 0.6) is 11.5 Å². The Balaban J connectivity index is 2.63. The highest BCUT2D eigenvalue weighted by atomic mass is 16.5. The van der Waals surface area contributed by atoms with Gasteiger partial charge in [-0.15, -0.1) is 0 Å². The summed E-state index contributed by atoms with van der Waals surface area (Å²) in [4.78, 5) is 22.8. The highest BCUT2D eigenvalue weighted by molar-refractivity contribution is 5.93. The van der Waals surface area contributed by atoms with Gasteiger partial charge in [0.05, 0.1) is 13.7 Å². The fraction of sp³-hybridized carbons (Fsp3) is 0.500. The number of nitrogens with two attached hydrogens (primary N) is 1. The average Bonchev–Trinajstić information content (AvgIpc) is 2.60. The number of allylic oxidation sites excluding steroid dienone is 1. The zero-order valence-electron chi connectivity index (χ0n) is 15.7. The number of hydrogen-bond acceptors (Lipinski definition) is 5. The van der Waals surface area contributed by atoms with Crippen LogP contribution in [0.3, 0.4) is 0 Å². The number of hydrogen-bond donors (Lipinski definition) is 2. The Morgan fingerprint density at radius 3 is 2.65 bits per heavy atom. The Labute approximate surface area is 155 Å². The summed E-state index contributed by atoms with van der Waals surface area (Å²) in [6.07, 6.45) is 5.77. The summed E-state index contributed by atoms with van der Waals surface area (Å²) in [5, 5.41) is 8.81. The number of benzene rings is 1. The summed E-state index contributed by atoms with van der Waals surface area (Å²) < 4.78 is 11.0.